The molecule has 0 bridgehead atoms. The molecule has 1 aromatic heterocycles. The van der Waals surface area contributed by atoms with Gasteiger partial charge in [-0.15, -0.1) is 0 Å². The van der Waals surface area contributed by atoms with E-state index in [0.717, 1.165) is 29.7 Å². The van der Waals surface area contributed by atoms with Crippen LogP contribution in [0.3, 0.4) is 0 Å². The first-order valence-corrected chi connectivity index (χ1v) is 8.44. The second kappa shape index (κ2) is 6.48. The summed E-state index contributed by atoms with van der Waals surface area (Å²) in [6.07, 6.45) is 5.11. The normalized spacial score (nSPS) is 16.3. The lowest BCUT2D eigenvalue weighted by atomic mass is 10.1. The van der Waals surface area contributed by atoms with Crippen molar-refractivity contribution in [3.8, 4) is 5.75 Å². The number of amides is 1. The van der Waals surface area contributed by atoms with E-state index in [1.165, 1.54) is 16.6 Å². The molecule has 4 nitrogen and oxygen atoms in total. The Bertz CT molecular complexity index is 941. The maximum absolute atomic E-state index is 12.2. The van der Waals surface area contributed by atoms with Gasteiger partial charge in [-0.3, -0.25) is 4.79 Å². The van der Waals surface area contributed by atoms with Crippen molar-refractivity contribution in [3.63, 3.8) is 0 Å². The summed E-state index contributed by atoms with van der Waals surface area (Å²) in [6.45, 7) is 0. The first-order valence-electron chi connectivity index (χ1n) is 8.44. The van der Waals surface area contributed by atoms with E-state index in [0.29, 0.717) is 0 Å². The van der Waals surface area contributed by atoms with Crippen LogP contribution in [0.1, 0.15) is 16.8 Å². The van der Waals surface area contributed by atoms with Gasteiger partial charge in [-0.05, 0) is 41.8 Å². The molecular formula is C21H20N2O2. The Hall–Kier alpha value is -3.01. The Balaban J connectivity index is 1.45. The summed E-state index contributed by atoms with van der Waals surface area (Å²) in [7, 11) is 1.68. The summed E-state index contributed by atoms with van der Waals surface area (Å²) in [6, 6.07) is 16.0. The summed E-state index contributed by atoms with van der Waals surface area (Å²) in [4.78, 5) is 15.6. The number of carbonyl (C=O) groups excluding carboxylic acids is 1. The topological polar surface area (TPSA) is 54.1 Å². The van der Waals surface area contributed by atoms with Crippen molar-refractivity contribution < 1.29 is 9.53 Å². The Kier molecular flexibility index (Phi) is 4.02. The molecule has 1 aliphatic rings. The molecule has 1 amide bonds. The molecule has 0 saturated heterocycles. The molecule has 1 unspecified atom stereocenters. The van der Waals surface area contributed by atoms with Crippen LogP contribution < -0.4 is 10.1 Å². The molecule has 0 saturated carbocycles. The molecular weight excluding hydrogens is 312 g/mol. The third-order valence-electron chi connectivity index (χ3n) is 4.68. The van der Waals surface area contributed by atoms with Gasteiger partial charge in [0.15, 0.2) is 0 Å². The Morgan fingerprint density at radius 3 is 2.84 bits per heavy atom. The first-order chi connectivity index (χ1) is 12.2. The average molecular weight is 332 g/mol. The van der Waals surface area contributed by atoms with Gasteiger partial charge in [-0.1, -0.05) is 30.3 Å². The summed E-state index contributed by atoms with van der Waals surface area (Å²) in [5.41, 5.74) is 4.64. The molecule has 126 valence electrons. The van der Waals surface area contributed by atoms with Gasteiger partial charge >= 0.3 is 0 Å². The molecule has 0 spiro atoms. The molecule has 4 heteroatoms. The number of H-pyrrole nitrogens is 1. The highest BCUT2D eigenvalue weighted by Crippen LogP contribution is 2.32. The van der Waals surface area contributed by atoms with Crippen molar-refractivity contribution in [1.29, 1.82) is 0 Å². The molecule has 25 heavy (non-hydrogen) atoms. The van der Waals surface area contributed by atoms with Gasteiger partial charge in [0.25, 0.3) is 0 Å². The van der Waals surface area contributed by atoms with Gasteiger partial charge in [-0.2, -0.15) is 0 Å². The number of aromatic amines is 1. The monoisotopic (exact) mass is 332 g/mol. The number of aromatic nitrogens is 1. The molecule has 2 aromatic carbocycles. The van der Waals surface area contributed by atoms with Crippen LogP contribution in [0.15, 0.2) is 54.6 Å². The van der Waals surface area contributed by atoms with Crippen LogP contribution in [0, 0.1) is 0 Å². The van der Waals surface area contributed by atoms with Crippen molar-refractivity contribution in [1.82, 2.24) is 10.3 Å². The second-order valence-electron chi connectivity index (χ2n) is 6.35. The van der Waals surface area contributed by atoms with E-state index < -0.39 is 0 Å². The zero-order chi connectivity index (χ0) is 17.2. The van der Waals surface area contributed by atoms with E-state index in [4.69, 9.17) is 4.74 Å². The quantitative estimate of drug-likeness (QED) is 0.719. The van der Waals surface area contributed by atoms with Crippen molar-refractivity contribution >= 4 is 22.9 Å². The van der Waals surface area contributed by atoms with Gasteiger partial charge in [0.05, 0.1) is 7.11 Å². The number of methoxy groups -OCH3 is 1. The van der Waals surface area contributed by atoms with E-state index in [9.17, 15) is 4.79 Å². The summed E-state index contributed by atoms with van der Waals surface area (Å²) in [5.74, 6) is 0.800. The molecule has 4 rings (SSSR count). The van der Waals surface area contributed by atoms with Gasteiger partial charge in [0.2, 0.25) is 5.91 Å². The predicted octanol–water partition coefficient (Wildman–Crippen LogP) is 3.47. The maximum atomic E-state index is 12.2. The third kappa shape index (κ3) is 3.15. The fraction of sp³-hybridized carbons (Fsp3) is 0.190. The van der Waals surface area contributed by atoms with E-state index in [-0.39, 0.29) is 11.9 Å². The van der Waals surface area contributed by atoms with E-state index in [1.54, 1.807) is 13.2 Å². The Labute approximate surface area is 146 Å². The van der Waals surface area contributed by atoms with Crippen LogP contribution in [-0.2, 0) is 17.6 Å². The van der Waals surface area contributed by atoms with E-state index >= 15 is 0 Å². The first kappa shape index (κ1) is 15.5. The number of fused-ring (bicyclic) bond motifs is 3. The maximum Gasteiger partial charge on any atom is 0.244 e. The van der Waals surface area contributed by atoms with Crippen molar-refractivity contribution in [2.24, 2.45) is 0 Å². The smallest absolute Gasteiger partial charge is 0.244 e. The molecule has 1 atom stereocenters. The molecule has 1 heterocycles. The largest absolute Gasteiger partial charge is 0.497 e. The number of rotatable bonds is 4. The van der Waals surface area contributed by atoms with Gasteiger partial charge < -0.3 is 15.0 Å². The van der Waals surface area contributed by atoms with Crippen LogP contribution >= 0.6 is 0 Å². The minimum absolute atomic E-state index is 0.0547. The minimum atomic E-state index is -0.0547. The van der Waals surface area contributed by atoms with Crippen LogP contribution in [0.2, 0.25) is 0 Å². The fourth-order valence-corrected chi connectivity index (χ4v) is 3.47. The molecule has 0 aliphatic heterocycles. The number of hydrogen-bond acceptors (Lipinski definition) is 2. The van der Waals surface area contributed by atoms with Gasteiger partial charge in [0, 0.05) is 35.1 Å². The molecule has 0 fully saturated rings. The fourth-order valence-electron chi connectivity index (χ4n) is 3.47. The highest BCUT2D eigenvalue weighted by molar-refractivity contribution is 5.92. The average Bonchev–Trinajstić information content (AvgIpc) is 3.17. The number of ether oxygens (including phenoxy) is 1. The molecule has 2 N–H and O–H groups in total. The van der Waals surface area contributed by atoms with E-state index in [2.05, 4.69) is 16.4 Å². The summed E-state index contributed by atoms with van der Waals surface area (Å²) in [5, 5.41) is 4.28. The number of hydrogen-bond donors (Lipinski definition) is 2. The SMILES string of the molecule is COc1ccc2[nH]c3c(c2c1)CC(NC(=O)/C=C/c1ccccc1)C3. The lowest BCUT2D eigenvalue weighted by Gasteiger charge is -2.10. The zero-order valence-electron chi connectivity index (χ0n) is 14.1. The van der Waals surface area contributed by atoms with E-state index in [1.807, 2.05) is 48.5 Å². The van der Waals surface area contributed by atoms with Crippen molar-refractivity contribution in [2.75, 3.05) is 7.11 Å². The molecule has 3 aromatic rings. The van der Waals surface area contributed by atoms with Gasteiger partial charge in [0.1, 0.15) is 5.75 Å². The van der Waals surface area contributed by atoms with Crippen molar-refractivity contribution in [2.45, 2.75) is 18.9 Å². The number of carbonyl (C=O) groups is 1. The van der Waals surface area contributed by atoms with Crippen LogP contribution in [0.25, 0.3) is 17.0 Å². The Morgan fingerprint density at radius 2 is 2.04 bits per heavy atom. The standard InChI is InChI=1S/C21H20N2O2/c1-25-16-8-9-19-18(13-16)17-11-15(12-20(17)23-19)22-21(24)10-7-14-5-3-2-4-6-14/h2-10,13,15,23H,11-12H2,1H3,(H,22,24)/b10-7+. The number of benzene rings is 2. The number of nitrogens with one attached hydrogen (secondary N) is 2. The van der Waals surface area contributed by atoms with Crippen LogP contribution in [-0.4, -0.2) is 24.0 Å². The van der Waals surface area contributed by atoms with Crippen LogP contribution in [0.5, 0.6) is 5.75 Å². The van der Waals surface area contributed by atoms with Crippen LogP contribution in [0.4, 0.5) is 0 Å². The molecule has 0 radical (unpaired) electrons. The second-order valence-corrected chi connectivity index (χ2v) is 6.35. The highest BCUT2D eigenvalue weighted by atomic mass is 16.5. The third-order valence-corrected chi connectivity index (χ3v) is 4.68. The lowest BCUT2D eigenvalue weighted by Crippen LogP contribution is -2.34. The van der Waals surface area contributed by atoms with Gasteiger partial charge in [-0.25, -0.2) is 0 Å². The molecule has 1 aliphatic carbocycles. The van der Waals surface area contributed by atoms with Crippen molar-refractivity contribution in [3.05, 3.63) is 71.4 Å². The Morgan fingerprint density at radius 1 is 1.20 bits per heavy atom. The zero-order valence-corrected chi connectivity index (χ0v) is 14.1. The minimum Gasteiger partial charge on any atom is -0.497 e. The summed E-state index contributed by atoms with van der Waals surface area (Å²) < 4.78 is 5.32. The lowest BCUT2D eigenvalue weighted by molar-refractivity contribution is -0.117. The summed E-state index contributed by atoms with van der Waals surface area (Å²) >= 11 is 0. The predicted molar refractivity (Wildman–Crippen MR) is 99.7 cm³/mol. The highest BCUT2D eigenvalue weighted by Gasteiger charge is 2.26.